The predicted octanol–water partition coefficient (Wildman–Crippen LogP) is 2.53. The van der Waals surface area contributed by atoms with Crippen LogP contribution in [-0.2, 0) is 10.0 Å². The minimum absolute atomic E-state index is 0.102. The van der Waals surface area contributed by atoms with Crippen molar-refractivity contribution in [1.29, 1.82) is 0 Å². The maximum atomic E-state index is 12.4. The molecule has 0 amide bonds. The Morgan fingerprint density at radius 1 is 0.947 bits per heavy atom. The molecule has 4 nitrogen and oxygen atoms in total. The molecule has 2 rings (SSSR count). The molecule has 0 aromatic heterocycles. The van der Waals surface area contributed by atoms with Gasteiger partial charge in [0.15, 0.2) is 0 Å². The molecule has 2 aromatic carbocycles. The van der Waals surface area contributed by atoms with E-state index in [2.05, 4.69) is 0 Å². The summed E-state index contributed by atoms with van der Waals surface area (Å²) in [6.07, 6.45) is 0. The van der Waals surface area contributed by atoms with Gasteiger partial charge in [0.25, 0.3) is 10.0 Å². The zero-order valence-electron chi connectivity index (χ0n) is 10.7. The van der Waals surface area contributed by atoms with Crippen LogP contribution in [0.1, 0.15) is 5.56 Å². The maximum Gasteiger partial charge on any atom is 0.264 e. The van der Waals surface area contributed by atoms with E-state index in [1.807, 2.05) is 6.92 Å². The molecule has 19 heavy (non-hydrogen) atoms. The standard InChI is InChI=1S/C14H15NO3S/c1-11-3-9-14(10-4-11)19(17,18)15(2)12-5-7-13(16)8-6-12/h3-10,16H,1-2H3. The van der Waals surface area contributed by atoms with E-state index < -0.39 is 10.0 Å². The van der Waals surface area contributed by atoms with E-state index in [1.54, 1.807) is 36.4 Å². The van der Waals surface area contributed by atoms with E-state index in [0.29, 0.717) is 5.69 Å². The van der Waals surface area contributed by atoms with Gasteiger partial charge in [0.1, 0.15) is 5.75 Å². The number of aromatic hydroxyl groups is 1. The number of phenols is 1. The van der Waals surface area contributed by atoms with Crippen LogP contribution in [0.3, 0.4) is 0 Å². The summed E-state index contributed by atoms with van der Waals surface area (Å²) >= 11 is 0. The smallest absolute Gasteiger partial charge is 0.264 e. The van der Waals surface area contributed by atoms with Crippen LogP contribution in [0.4, 0.5) is 5.69 Å². The minimum Gasteiger partial charge on any atom is -0.508 e. The first-order valence-corrected chi connectivity index (χ1v) is 7.20. The fourth-order valence-electron chi connectivity index (χ4n) is 1.67. The molecular weight excluding hydrogens is 262 g/mol. The van der Waals surface area contributed by atoms with Crippen molar-refractivity contribution in [3.63, 3.8) is 0 Å². The Morgan fingerprint density at radius 2 is 1.47 bits per heavy atom. The molecule has 0 unspecified atom stereocenters. The highest BCUT2D eigenvalue weighted by atomic mass is 32.2. The first kappa shape index (κ1) is 13.4. The molecule has 2 aromatic rings. The molecule has 5 heteroatoms. The molecule has 0 fully saturated rings. The van der Waals surface area contributed by atoms with Crippen molar-refractivity contribution in [2.45, 2.75) is 11.8 Å². The highest BCUT2D eigenvalue weighted by Gasteiger charge is 2.20. The number of hydrogen-bond donors (Lipinski definition) is 1. The molecule has 0 saturated heterocycles. The van der Waals surface area contributed by atoms with Crippen molar-refractivity contribution in [2.24, 2.45) is 0 Å². The first-order valence-electron chi connectivity index (χ1n) is 5.76. The van der Waals surface area contributed by atoms with Crippen LogP contribution in [0.5, 0.6) is 5.75 Å². The molecule has 0 aliphatic heterocycles. The summed E-state index contributed by atoms with van der Waals surface area (Å²) in [6, 6.07) is 12.7. The monoisotopic (exact) mass is 277 g/mol. The van der Waals surface area contributed by atoms with Gasteiger partial charge in [-0.3, -0.25) is 4.31 Å². The summed E-state index contributed by atoms with van der Waals surface area (Å²) < 4.78 is 26.0. The van der Waals surface area contributed by atoms with Crippen LogP contribution < -0.4 is 4.31 Å². The van der Waals surface area contributed by atoms with Crippen molar-refractivity contribution in [2.75, 3.05) is 11.4 Å². The van der Waals surface area contributed by atoms with Crippen molar-refractivity contribution in [1.82, 2.24) is 0 Å². The Bertz CT molecular complexity index is 661. The van der Waals surface area contributed by atoms with E-state index in [4.69, 9.17) is 0 Å². The second-order valence-electron chi connectivity index (χ2n) is 4.30. The van der Waals surface area contributed by atoms with Crippen LogP contribution in [0.15, 0.2) is 53.4 Å². The lowest BCUT2D eigenvalue weighted by atomic mass is 10.2. The molecule has 0 bridgehead atoms. The fourth-order valence-corrected chi connectivity index (χ4v) is 2.87. The predicted molar refractivity (Wildman–Crippen MR) is 74.9 cm³/mol. The van der Waals surface area contributed by atoms with Crippen LogP contribution in [-0.4, -0.2) is 20.6 Å². The molecular formula is C14H15NO3S. The van der Waals surface area contributed by atoms with Gasteiger partial charge >= 0.3 is 0 Å². The molecule has 0 aliphatic carbocycles. The van der Waals surface area contributed by atoms with E-state index in [-0.39, 0.29) is 10.6 Å². The molecule has 1 N–H and O–H groups in total. The molecule has 0 radical (unpaired) electrons. The molecule has 0 saturated carbocycles. The molecule has 100 valence electrons. The van der Waals surface area contributed by atoms with Crippen molar-refractivity contribution in [3.8, 4) is 5.75 Å². The Morgan fingerprint density at radius 3 is 2.00 bits per heavy atom. The van der Waals surface area contributed by atoms with Gasteiger partial charge in [-0.1, -0.05) is 17.7 Å². The van der Waals surface area contributed by atoms with E-state index >= 15 is 0 Å². The number of rotatable bonds is 3. The lowest BCUT2D eigenvalue weighted by molar-refractivity contribution is 0.475. The van der Waals surface area contributed by atoms with Crippen molar-refractivity contribution >= 4 is 15.7 Å². The number of hydrogen-bond acceptors (Lipinski definition) is 3. The average Bonchev–Trinajstić information content (AvgIpc) is 2.39. The van der Waals surface area contributed by atoms with Gasteiger partial charge in [0.05, 0.1) is 10.6 Å². The summed E-state index contributed by atoms with van der Waals surface area (Å²) in [5.74, 6) is 0.102. The van der Waals surface area contributed by atoms with Crippen molar-refractivity contribution < 1.29 is 13.5 Å². The van der Waals surface area contributed by atoms with Crippen LogP contribution in [0.25, 0.3) is 0 Å². The summed E-state index contributed by atoms with van der Waals surface area (Å²) in [7, 11) is -2.08. The lowest BCUT2D eigenvalue weighted by Crippen LogP contribution is -2.26. The second kappa shape index (κ2) is 4.93. The Labute approximate surface area is 113 Å². The number of benzene rings is 2. The van der Waals surface area contributed by atoms with Crippen LogP contribution in [0, 0.1) is 6.92 Å². The summed E-state index contributed by atoms with van der Waals surface area (Å²) in [4.78, 5) is 0.244. The number of phenolic OH excluding ortho intramolecular Hbond substituents is 1. The Hall–Kier alpha value is -2.01. The zero-order chi connectivity index (χ0) is 14.0. The summed E-state index contributed by atoms with van der Waals surface area (Å²) in [5.41, 5.74) is 1.50. The average molecular weight is 277 g/mol. The van der Waals surface area contributed by atoms with Crippen LogP contribution in [0.2, 0.25) is 0 Å². The molecule has 0 atom stereocenters. The lowest BCUT2D eigenvalue weighted by Gasteiger charge is -2.19. The quantitative estimate of drug-likeness (QED) is 0.938. The van der Waals surface area contributed by atoms with Crippen molar-refractivity contribution in [3.05, 3.63) is 54.1 Å². The van der Waals surface area contributed by atoms with Gasteiger partial charge in [0.2, 0.25) is 0 Å². The van der Waals surface area contributed by atoms with E-state index in [9.17, 15) is 13.5 Å². The molecule has 0 spiro atoms. The minimum atomic E-state index is -3.57. The largest absolute Gasteiger partial charge is 0.508 e. The third-order valence-corrected chi connectivity index (χ3v) is 4.69. The third kappa shape index (κ3) is 2.71. The molecule has 0 aliphatic rings. The van der Waals surface area contributed by atoms with Gasteiger partial charge in [-0.2, -0.15) is 0 Å². The fraction of sp³-hybridized carbons (Fsp3) is 0.143. The van der Waals surface area contributed by atoms with Crippen LogP contribution >= 0.6 is 0 Å². The SMILES string of the molecule is Cc1ccc(S(=O)(=O)N(C)c2ccc(O)cc2)cc1. The Balaban J connectivity index is 2.39. The highest BCUT2D eigenvalue weighted by Crippen LogP contribution is 2.23. The highest BCUT2D eigenvalue weighted by molar-refractivity contribution is 7.92. The number of nitrogens with zero attached hydrogens (tertiary/aromatic N) is 1. The number of sulfonamides is 1. The van der Waals surface area contributed by atoms with Gasteiger partial charge < -0.3 is 5.11 Å². The second-order valence-corrected chi connectivity index (χ2v) is 6.27. The normalized spacial score (nSPS) is 11.3. The van der Waals surface area contributed by atoms with Gasteiger partial charge in [-0.05, 0) is 43.3 Å². The third-order valence-electron chi connectivity index (χ3n) is 2.89. The van der Waals surface area contributed by atoms with E-state index in [1.165, 1.54) is 23.5 Å². The number of anilines is 1. The van der Waals surface area contributed by atoms with Gasteiger partial charge in [-0.25, -0.2) is 8.42 Å². The maximum absolute atomic E-state index is 12.4. The van der Waals surface area contributed by atoms with E-state index in [0.717, 1.165) is 5.56 Å². The number of aryl methyl sites for hydroxylation is 1. The van der Waals surface area contributed by atoms with Gasteiger partial charge in [0, 0.05) is 7.05 Å². The van der Waals surface area contributed by atoms with Gasteiger partial charge in [-0.15, -0.1) is 0 Å². The summed E-state index contributed by atoms with van der Waals surface area (Å²) in [5, 5.41) is 9.22. The molecule has 0 heterocycles. The first-order chi connectivity index (χ1) is 8.91. The summed E-state index contributed by atoms with van der Waals surface area (Å²) in [6.45, 7) is 1.90. The Kier molecular flexibility index (Phi) is 3.48. The topological polar surface area (TPSA) is 57.6 Å². The zero-order valence-corrected chi connectivity index (χ0v) is 11.6.